The zero-order valence-corrected chi connectivity index (χ0v) is 15.1. The molecule has 0 aliphatic rings. The number of aromatic nitrogens is 1. The van der Waals surface area contributed by atoms with E-state index in [9.17, 15) is 10.1 Å². The van der Waals surface area contributed by atoms with Crippen molar-refractivity contribution in [3.05, 3.63) is 45.4 Å². The van der Waals surface area contributed by atoms with Crippen molar-refractivity contribution in [1.29, 1.82) is 0 Å². The molecule has 26 heavy (non-hydrogen) atoms. The molecule has 2 aromatic rings. The first-order valence-corrected chi connectivity index (χ1v) is 8.83. The van der Waals surface area contributed by atoms with E-state index in [1.807, 2.05) is 6.92 Å². The van der Waals surface area contributed by atoms with Crippen molar-refractivity contribution in [2.45, 2.75) is 26.3 Å². The highest BCUT2D eigenvalue weighted by Crippen LogP contribution is 2.27. The van der Waals surface area contributed by atoms with Gasteiger partial charge in [0.15, 0.2) is 17.5 Å². The predicted octanol–water partition coefficient (Wildman–Crippen LogP) is 1.86. The molecule has 0 amide bonds. The van der Waals surface area contributed by atoms with Crippen LogP contribution in [-0.2, 0) is 6.54 Å². The lowest BCUT2D eigenvalue weighted by Crippen LogP contribution is -2.27. The van der Waals surface area contributed by atoms with Crippen molar-refractivity contribution in [3.63, 3.8) is 0 Å². The molecule has 6 N–H and O–H groups in total. The fourth-order valence-electron chi connectivity index (χ4n) is 1.99. The molecule has 0 radical (unpaired) electrons. The number of rotatable bonds is 10. The highest BCUT2D eigenvalue weighted by molar-refractivity contribution is 7.13. The molecule has 11 heteroatoms. The Morgan fingerprint density at radius 1 is 1.46 bits per heavy atom. The van der Waals surface area contributed by atoms with E-state index < -0.39 is 4.92 Å². The molecule has 0 saturated heterocycles. The van der Waals surface area contributed by atoms with Crippen LogP contribution in [0.3, 0.4) is 0 Å². The highest BCUT2D eigenvalue weighted by Gasteiger charge is 2.10. The van der Waals surface area contributed by atoms with Gasteiger partial charge in [0.05, 0.1) is 11.5 Å². The maximum Gasteiger partial charge on any atom is 0.274 e. The normalized spacial score (nSPS) is 11.2. The number of nitrogens with two attached hydrogens (primary N) is 2. The summed E-state index contributed by atoms with van der Waals surface area (Å²) >= 11 is 1.29. The topological polar surface area (TPSA) is 158 Å². The van der Waals surface area contributed by atoms with Crippen molar-refractivity contribution in [1.82, 2.24) is 15.6 Å². The van der Waals surface area contributed by atoms with Crippen LogP contribution >= 0.6 is 11.3 Å². The summed E-state index contributed by atoms with van der Waals surface area (Å²) in [4.78, 5) is 18.4. The molecule has 0 fully saturated rings. The van der Waals surface area contributed by atoms with Gasteiger partial charge in [-0.25, -0.2) is 4.98 Å². The van der Waals surface area contributed by atoms with Gasteiger partial charge in [0.2, 0.25) is 5.13 Å². The summed E-state index contributed by atoms with van der Waals surface area (Å²) in [5.74, 6) is 1.46. The Balaban J connectivity index is 1.99. The Labute approximate surface area is 154 Å². The first-order chi connectivity index (χ1) is 12.5. The number of nitrogens with one attached hydrogen (secondary N) is 2. The first-order valence-electron chi connectivity index (χ1n) is 7.95. The van der Waals surface area contributed by atoms with Gasteiger partial charge in [0.1, 0.15) is 11.5 Å². The van der Waals surface area contributed by atoms with Gasteiger partial charge in [-0.3, -0.25) is 10.1 Å². The summed E-state index contributed by atoms with van der Waals surface area (Å²) < 4.78 is 5.71. The molecule has 2 heterocycles. The van der Waals surface area contributed by atoms with Gasteiger partial charge < -0.3 is 26.5 Å². The first kappa shape index (κ1) is 19.2. The monoisotopic (exact) mass is 379 g/mol. The van der Waals surface area contributed by atoms with Crippen LogP contribution in [0.15, 0.2) is 38.9 Å². The molecule has 10 nitrogen and oxygen atoms in total. The lowest BCUT2D eigenvalue weighted by molar-refractivity contribution is -0.404. The SMILES string of the molecule is CCCCNC(=C[N+](=O)[O-])NCc1ccc(-c2csc(N=C(N)N)n2)o1. The smallest absolute Gasteiger partial charge is 0.274 e. The minimum Gasteiger partial charge on any atom is -0.458 e. The Morgan fingerprint density at radius 3 is 2.96 bits per heavy atom. The Bertz CT molecular complexity index is 793. The summed E-state index contributed by atoms with van der Waals surface area (Å²) in [5.41, 5.74) is 11.3. The average molecular weight is 379 g/mol. The molecule has 0 atom stereocenters. The van der Waals surface area contributed by atoms with Gasteiger partial charge in [-0.05, 0) is 18.6 Å². The van der Waals surface area contributed by atoms with Crippen molar-refractivity contribution in [2.24, 2.45) is 16.5 Å². The Hall–Kier alpha value is -3.08. The third kappa shape index (κ3) is 6.09. The molecule has 0 aromatic carbocycles. The largest absolute Gasteiger partial charge is 0.458 e. The highest BCUT2D eigenvalue weighted by atomic mass is 32.1. The number of hydrogen-bond donors (Lipinski definition) is 4. The number of thiazole rings is 1. The molecule has 0 unspecified atom stereocenters. The van der Waals surface area contributed by atoms with Gasteiger partial charge in [0.25, 0.3) is 6.20 Å². The Morgan fingerprint density at radius 2 is 2.27 bits per heavy atom. The van der Waals surface area contributed by atoms with Crippen molar-refractivity contribution >= 4 is 22.4 Å². The maximum atomic E-state index is 10.7. The predicted molar refractivity (Wildman–Crippen MR) is 100 cm³/mol. The number of guanidine groups is 1. The molecular weight excluding hydrogens is 358 g/mol. The van der Waals surface area contributed by atoms with Gasteiger partial charge in [-0.15, -0.1) is 11.3 Å². The fraction of sp³-hybridized carbons (Fsp3) is 0.333. The molecule has 0 saturated carbocycles. The minimum absolute atomic E-state index is 0.0593. The van der Waals surface area contributed by atoms with E-state index >= 15 is 0 Å². The van der Waals surface area contributed by atoms with E-state index in [2.05, 4.69) is 20.6 Å². The average Bonchev–Trinajstić information content (AvgIpc) is 3.20. The standard InChI is InChI=1S/C15H21N7O3S/c1-2-3-6-18-13(8-22(23)24)19-7-10-4-5-12(25-10)11-9-26-15(20-11)21-14(16)17/h4-5,8-9,18-19H,2-3,6-7H2,1H3,(H4,16,17,20,21). The number of unbranched alkanes of at least 4 members (excludes halogenated alkanes) is 1. The number of hydrogen-bond acceptors (Lipinski definition) is 8. The number of aliphatic imine (C=N–C) groups is 1. The number of furan rings is 1. The van der Waals surface area contributed by atoms with Gasteiger partial charge in [-0.2, -0.15) is 4.99 Å². The van der Waals surface area contributed by atoms with E-state index in [0.29, 0.717) is 41.3 Å². The number of nitrogens with zero attached hydrogens (tertiary/aromatic N) is 3. The van der Waals surface area contributed by atoms with Gasteiger partial charge in [-0.1, -0.05) is 13.3 Å². The molecule has 140 valence electrons. The van der Waals surface area contributed by atoms with Crippen LogP contribution in [0, 0.1) is 10.1 Å². The minimum atomic E-state index is -0.505. The molecular formula is C15H21N7O3S. The molecule has 0 spiro atoms. The summed E-state index contributed by atoms with van der Waals surface area (Å²) in [6, 6.07) is 3.55. The summed E-state index contributed by atoms with van der Waals surface area (Å²) in [6.45, 7) is 3.00. The van der Waals surface area contributed by atoms with Gasteiger partial charge >= 0.3 is 0 Å². The quantitative estimate of drug-likeness (QED) is 0.160. The van der Waals surface area contributed by atoms with Crippen LogP contribution in [-0.4, -0.2) is 22.4 Å². The second-order valence-corrected chi connectivity index (χ2v) is 6.12. The zero-order valence-electron chi connectivity index (χ0n) is 14.3. The van der Waals surface area contributed by atoms with E-state index in [-0.39, 0.29) is 5.96 Å². The second-order valence-electron chi connectivity index (χ2n) is 5.28. The molecule has 0 aliphatic carbocycles. The lowest BCUT2D eigenvalue weighted by atomic mass is 10.3. The third-order valence-corrected chi connectivity index (χ3v) is 3.90. The van der Waals surface area contributed by atoms with Crippen molar-refractivity contribution < 1.29 is 9.34 Å². The van der Waals surface area contributed by atoms with Crippen LogP contribution in [0.5, 0.6) is 0 Å². The second kappa shape index (κ2) is 9.42. The van der Waals surface area contributed by atoms with Crippen molar-refractivity contribution in [3.8, 4) is 11.5 Å². The summed E-state index contributed by atoms with van der Waals surface area (Å²) in [5, 5.41) is 18.9. The van der Waals surface area contributed by atoms with Crippen LogP contribution < -0.4 is 22.1 Å². The third-order valence-electron chi connectivity index (χ3n) is 3.16. The van der Waals surface area contributed by atoms with E-state index in [1.54, 1.807) is 17.5 Å². The summed E-state index contributed by atoms with van der Waals surface area (Å²) in [6.07, 6.45) is 2.82. The molecule has 0 aliphatic heterocycles. The van der Waals surface area contributed by atoms with E-state index in [0.717, 1.165) is 19.0 Å². The molecule has 2 aromatic heterocycles. The zero-order chi connectivity index (χ0) is 18.9. The van der Waals surface area contributed by atoms with Crippen LogP contribution in [0.25, 0.3) is 11.5 Å². The van der Waals surface area contributed by atoms with Crippen LogP contribution in [0.1, 0.15) is 25.5 Å². The van der Waals surface area contributed by atoms with Crippen molar-refractivity contribution in [2.75, 3.05) is 6.54 Å². The van der Waals surface area contributed by atoms with E-state index in [4.69, 9.17) is 15.9 Å². The Kier molecular flexibility index (Phi) is 6.97. The maximum absolute atomic E-state index is 10.7. The van der Waals surface area contributed by atoms with E-state index in [1.165, 1.54) is 11.3 Å². The van der Waals surface area contributed by atoms with Gasteiger partial charge in [0, 0.05) is 11.9 Å². The molecule has 2 rings (SSSR count). The lowest BCUT2D eigenvalue weighted by Gasteiger charge is -2.09. The summed E-state index contributed by atoms with van der Waals surface area (Å²) in [7, 11) is 0. The fourth-order valence-corrected chi connectivity index (χ4v) is 2.69. The number of nitro groups is 1. The van der Waals surface area contributed by atoms with Crippen LogP contribution in [0.2, 0.25) is 0 Å². The molecule has 0 bridgehead atoms. The van der Waals surface area contributed by atoms with Crippen LogP contribution in [0.4, 0.5) is 5.13 Å².